The van der Waals surface area contributed by atoms with Crippen molar-refractivity contribution >= 4 is 11.6 Å². The van der Waals surface area contributed by atoms with Gasteiger partial charge in [0.2, 0.25) is 0 Å². The number of hydrogen-bond donors (Lipinski definition) is 0. The van der Waals surface area contributed by atoms with Gasteiger partial charge in [-0.3, -0.25) is 14.0 Å². The van der Waals surface area contributed by atoms with E-state index in [1.807, 2.05) is 48.0 Å². The first kappa shape index (κ1) is 22.3. The molecule has 0 radical (unpaired) electrons. The normalized spacial score (nSPS) is 11.0. The van der Waals surface area contributed by atoms with Crippen molar-refractivity contribution in [2.45, 2.75) is 33.6 Å². The van der Waals surface area contributed by atoms with Crippen molar-refractivity contribution in [2.24, 2.45) is 0 Å². The number of aromatic nitrogens is 4. The Kier molecular flexibility index (Phi) is 6.53. The molecule has 4 rings (SSSR count). The van der Waals surface area contributed by atoms with Crippen LogP contribution in [0.5, 0.6) is 5.75 Å². The number of para-hydroxylation sites is 1. The zero-order valence-electron chi connectivity index (χ0n) is 18.9. The summed E-state index contributed by atoms with van der Waals surface area (Å²) in [5.74, 6) is 0.234. The molecule has 1 aromatic carbocycles. The Bertz CT molecular complexity index is 1340. The second-order valence-corrected chi connectivity index (χ2v) is 7.62. The van der Waals surface area contributed by atoms with E-state index in [0.29, 0.717) is 48.0 Å². The largest absolute Gasteiger partial charge is 0.490 e. The summed E-state index contributed by atoms with van der Waals surface area (Å²) in [5, 5.41) is 4.68. The minimum atomic E-state index is -0.251. The Hall–Kier alpha value is -3.94. The Balaban J connectivity index is 1.65. The lowest BCUT2D eigenvalue weighted by molar-refractivity contribution is -0.143. The van der Waals surface area contributed by atoms with Crippen molar-refractivity contribution in [1.29, 1.82) is 0 Å². The highest BCUT2D eigenvalue weighted by Gasteiger charge is 2.18. The standard InChI is InChI=1S/C25H26N4O4/c1-4-32-22(30)13-9-15-33-21-12-8-14-28-24(21)26-18(3)23(25(28)31)20-16-17(2)29(27-20)19-10-6-5-7-11-19/h5-8,10-12,14,16H,4,9,13,15H2,1-3H3. The molecule has 0 aliphatic rings. The van der Waals surface area contributed by atoms with Gasteiger partial charge in [0, 0.05) is 18.3 Å². The van der Waals surface area contributed by atoms with E-state index in [1.165, 1.54) is 4.40 Å². The van der Waals surface area contributed by atoms with E-state index in [9.17, 15) is 9.59 Å². The van der Waals surface area contributed by atoms with Crippen molar-refractivity contribution in [3.05, 3.63) is 76.5 Å². The van der Waals surface area contributed by atoms with E-state index in [1.54, 1.807) is 32.2 Å². The lowest BCUT2D eigenvalue weighted by Gasteiger charge is -2.11. The fourth-order valence-corrected chi connectivity index (χ4v) is 3.71. The molecular formula is C25H26N4O4. The van der Waals surface area contributed by atoms with Crippen LogP contribution in [-0.2, 0) is 9.53 Å². The predicted molar refractivity (Wildman–Crippen MR) is 125 cm³/mol. The molecule has 8 heteroatoms. The van der Waals surface area contributed by atoms with E-state index >= 15 is 0 Å². The zero-order chi connectivity index (χ0) is 23.4. The minimum absolute atomic E-state index is 0.216. The van der Waals surface area contributed by atoms with Gasteiger partial charge in [0.25, 0.3) is 5.56 Å². The molecule has 0 atom stereocenters. The van der Waals surface area contributed by atoms with Crippen molar-refractivity contribution in [2.75, 3.05) is 13.2 Å². The number of hydrogen-bond acceptors (Lipinski definition) is 6. The van der Waals surface area contributed by atoms with E-state index in [-0.39, 0.29) is 17.9 Å². The lowest BCUT2D eigenvalue weighted by Crippen LogP contribution is -2.20. The maximum atomic E-state index is 13.4. The van der Waals surface area contributed by atoms with Crippen molar-refractivity contribution < 1.29 is 14.3 Å². The molecule has 0 N–H and O–H groups in total. The molecule has 170 valence electrons. The first-order chi connectivity index (χ1) is 16.0. The molecular weight excluding hydrogens is 420 g/mol. The van der Waals surface area contributed by atoms with Crippen LogP contribution in [0.15, 0.2) is 59.5 Å². The number of nitrogens with zero attached hydrogens (tertiary/aromatic N) is 4. The van der Waals surface area contributed by atoms with Crippen LogP contribution in [0.3, 0.4) is 0 Å². The van der Waals surface area contributed by atoms with Gasteiger partial charge >= 0.3 is 5.97 Å². The summed E-state index contributed by atoms with van der Waals surface area (Å²) in [7, 11) is 0. The first-order valence-electron chi connectivity index (χ1n) is 10.9. The molecule has 0 saturated carbocycles. The lowest BCUT2D eigenvalue weighted by atomic mass is 10.1. The minimum Gasteiger partial charge on any atom is -0.490 e. The predicted octanol–water partition coefficient (Wildman–Crippen LogP) is 3.89. The van der Waals surface area contributed by atoms with Crippen LogP contribution in [-0.4, -0.2) is 38.3 Å². The maximum Gasteiger partial charge on any atom is 0.305 e. The molecule has 0 saturated heterocycles. The highest BCUT2D eigenvalue weighted by Crippen LogP contribution is 2.24. The molecule has 0 aliphatic heterocycles. The van der Waals surface area contributed by atoms with Crippen molar-refractivity contribution in [3.63, 3.8) is 0 Å². The van der Waals surface area contributed by atoms with Crippen LogP contribution in [0.25, 0.3) is 22.6 Å². The number of rotatable bonds is 8. The summed E-state index contributed by atoms with van der Waals surface area (Å²) < 4.78 is 14.0. The average Bonchev–Trinajstić information content (AvgIpc) is 3.19. The number of carbonyl (C=O) groups excluding carboxylic acids is 1. The molecule has 3 aromatic heterocycles. The SMILES string of the molecule is CCOC(=O)CCCOc1cccn2c(=O)c(-c3cc(C)n(-c4ccccc4)n3)c(C)nc12. The van der Waals surface area contributed by atoms with Crippen LogP contribution < -0.4 is 10.3 Å². The van der Waals surface area contributed by atoms with Gasteiger partial charge in [-0.15, -0.1) is 0 Å². The molecule has 0 unspecified atom stereocenters. The second-order valence-electron chi connectivity index (χ2n) is 7.62. The number of fused-ring (bicyclic) bond motifs is 1. The van der Waals surface area contributed by atoms with E-state index < -0.39 is 0 Å². The average molecular weight is 447 g/mol. The Morgan fingerprint density at radius 3 is 2.64 bits per heavy atom. The monoisotopic (exact) mass is 446 g/mol. The van der Waals surface area contributed by atoms with Crippen LogP contribution in [0.1, 0.15) is 31.2 Å². The molecule has 0 aliphatic carbocycles. The summed E-state index contributed by atoms with van der Waals surface area (Å²) in [6, 6.07) is 15.2. The van der Waals surface area contributed by atoms with Gasteiger partial charge in [-0.1, -0.05) is 18.2 Å². The van der Waals surface area contributed by atoms with Gasteiger partial charge < -0.3 is 9.47 Å². The van der Waals surface area contributed by atoms with Gasteiger partial charge in [0.1, 0.15) is 5.69 Å². The summed E-state index contributed by atoms with van der Waals surface area (Å²) in [4.78, 5) is 29.6. The van der Waals surface area contributed by atoms with Gasteiger partial charge in [-0.05, 0) is 57.5 Å². The third-order valence-electron chi connectivity index (χ3n) is 5.23. The Morgan fingerprint density at radius 2 is 1.88 bits per heavy atom. The zero-order valence-corrected chi connectivity index (χ0v) is 18.9. The number of benzene rings is 1. The van der Waals surface area contributed by atoms with Gasteiger partial charge in [0.15, 0.2) is 11.4 Å². The van der Waals surface area contributed by atoms with Crippen LogP contribution >= 0.6 is 0 Å². The van der Waals surface area contributed by atoms with E-state index in [4.69, 9.17) is 9.47 Å². The van der Waals surface area contributed by atoms with Gasteiger partial charge in [-0.2, -0.15) is 5.10 Å². The number of carbonyl (C=O) groups is 1. The van der Waals surface area contributed by atoms with Crippen LogP contribution in [0.2, 0.25) is 0 Å². The third-order valence-corrected chi connectivity index (χ3v) is 5.23. The summed E-state index contributed by atoms with van der Waals surface area (Å²) in [5.41, 5.74) is 3.64. The fourth-order valence-electron chi connectivity index (χ4n) is 3.71. The number of pyridine rings is 1. The van der Waals surface area contributed by atoms with Crippen LogP contribution in [0, 0.1) is 13.8 Å². The quantitative estimate of drug-likeness (QED) is 0.301. The third kappa shape index (κ3) is 4.64. The topological polar surface area (TPSA) is 87.7 Å². The Labute approximate surface area is 191 Å². The summed E-state index contributed by atoms with van der Waals surface area (Å²) >= 11 is 0. The van der Waals surface area contributed by atoms with Crippen molar-refractivity contribution in [3.8, 4) is 22.7 Å². The number of aryl methyl sites for hydroxylation is 2. The molecule has 0 amide bonds. The van der Waals surface area contributed by atoms with Crippen molar-refractivity contribution in [1.82, 2.24) is 19.2 Å². The Morgan fingerprint density at radius 1 is 1.09 bits per heavy atom. The number of ether oxygens (including phenoxy) is 2. The highest BCUT2D eigenvalue weighted by molar-refractivity contribution is 5.69. The molecule has 3 heterocycles. The molecule has 0 spiro atoms. The molecule has 0 fully saturated rings. The molecule has 33 heavy (non-hydrogen) atoms. The van der Waals surface area contributed by atoms with Gasteiger partial charge in [-0.25, -0.2) is 9.67 Å². The fraction of sp³-hybridized carbons (Fsp3) is 0.280. The molecule has 0 bridgehead atoms. The smallest absolute Gasteiger partial charge is 0.305 e. The van der Waals surface area contributed by atoms with E-state index in [0.717, 1.165) is 11.4 Å². The number of esters is 1. The first-order valence-corrected chi connectivity index (χ1v) is 10.9. The van der Waals surface area contributed by atoms with Gasteiger partial charge in [0.05, 0.1) is 30.2 Å². The van der Waals surface area contributed by atoms with Crippen LogP contribution in [0.4, 0.5) is 0 Å². The summed E-state index contributed by atoms with van der Waals surface area (Å²) in [6.45, 7) is 6.20. The molecule has 8 nitrogen and oxygen atoms in total. The summed E-state index contributed by atoms with van der Waals surface area (Å²) in [6.07, 6.45) is 2.45. The maximum absolute atomic E-state index is 13.4. The highest BCUT2D eigenvalue weighted by atomic mass is 16.5. The van der Waals surface area contributed by atoms with E-state index in [2.05, 4.69) is 10.1 Å². The second kappa shape index (κ2) is 9.68. The molecule has 4 aromatic rings.